The van der Waals surface area contributed by atoms with Crippen LogP contribution in [0.15, 0.2) is 11.6 Å². The van der Waals surface area contributed by atoms with Gasteiger partial charge in [0, 0.05) is 5.92 Å². The molecule has 0 aromatic heterocycles. The molecule has 1 fully saturated rings. The number of aliphatic hydroxyl groups excluding tert-OH is 2. The lowest BCUT2D eigenvalue weighted by Gasteiger charge is -2.33. The summed E-state index contributed by atoms with van der Waals surface area (Å²) in [6, 6.07) is 0. The van der Waals surface area contributed by atoms with Crippen LogP contribution in [0.4, 0.5) is 0 Å². The second-order valence-corrected chi connectivity index (χ2v) is 4.33. The molecule has 74 valence electrons. The van der Waals surface area contributed by atoms with E-state index in [-0.39, 0.29) is 11.5 Å². The molecule has 0 radical (unpaired) electrons. The quantitative estimate of drug-likeness (QED) is 0.460. The van der Waals surface area contributed by atoms with E-state index < -0.39 is 12.2 Å². The first kappa shape index (κ1) is 9.19. The summed E-state index contributed by atoms with van der Waals surface area (Å²) in [5.41, 5.74) is 0.672. The predicted molar refractivity (Wildman–Crippen MR) is 48.2 cm³/mol. The van der Waals surface area contributed by atoms with Crippen molar-refractivity contribution in [3.63, 3.8) is 0 Å². The van der Waals surface area contributed by atoms with Gasteiger partial charge in [0.1, 0.15) is 6.10 Å². The number of ether oxygens (including phenoxy) is 1. The van der Waals surface area contributed by atoms with Gasteiger partial charge in [-0.2, -0.15) is 0 Å². The van der Waals surface area contributed by atoms with Crippen LogP contribution < -0.4 is 0 Å². The highest BCUT2D eigenvalue weighted by molar-refractivity contribution is 5.16. The highest BCUT2D eigenvalue weighted by Gasteiger charge is 2.51. The molecule has 1 saturated heterocycles. The fraction of sp³-hybridized carbons (Fsp3) is 0.800. The Morgan fingerprint density at radius 1 is 1.54 bits per heavy atom. The molecule has 0 aromatic rings. The highest BCUT2D eigenvalue weighted by Crippen LogP contribution is 2.42. The molecule has 1 heterocycles. The summed E-state index contributed by atoms with van der Waals surface area (Å²) >= 11 is 0. The Labute approximate surface area is 78.0 Å². The highest BCUT2D eigenvalue weighted by atomic mass is 16.6. The first-order valence-electron chi connectivity index (χ1n) is 4.71. The van der Waals surface area contributed by atoms with Gasteiger partial charge in [0.2, 0.25) is 0 Å². The van der Waals surface area contributed by atoms with Crippen LogP contribution in [0.3, 0.4) is 0 Å². The van der Waals surface area contributed by atoms with Crippen molar-refractivity contribution in [3.05, 3.63) is 11.6 Å². The molecular formula is C10H16O3. The van der Waals surface area contributed by atoms with Crippen LogP contribution >= 0.6 is 0 Å². The molecule has 0 aromatic carbocycles. The van der Waals surface area contributed by atoms with E-state index in [1.165, 1.54) is 0 Å². The zero-order chi connectivity index (χ0) is 9.64. The van der Waals surface area contributed by atoms with Crippen molar-refractivity contribution in [2.24, 2.45) is 5.92 Å². The van der Waals surface area contributed by atoms with Gasteiger partial charge in [0.25, 0.3) is 0 Å². The van der Waals surface area contributed by atoms with Crippen LogP contribution in [0.5, 0.6) is 0 Å². The third-order valence-electron chi connectivity index (χ3n) is 3.28. The molecule has 0 spiro atoms. The van der Waals surface area contributed by atoms with E-state index in [1.54, 1.807) is 0 Å². The summed E-state index contributed by atoms with van der Waals surface area (Å²) in [6.07, 6.45) is 1.42. The second kappa shape index (κ2) is 2.80. The summed E-state index contributed by atoms with van der Waals surface area (Å²) in [6.45, 7) is 4.54. The lowest BCUT2D eigenvalue weighted by Crippen LogP contribution is -2.43. The zero-order valence-corrected chi connectivity index (χ0v) is 8.03. The minimum Gasteiger partial charge on any atom is -0.390 e. The summed E-state index contributed by atoms with van der Waals surface area (Å²) < 4.78 is 5.29. The summed E-state index contributed by atoms with van der Waals surface area (Å²) in [5.74, 6) is 0.0474. The fourth-order valence-electron chi connectivity index (χ4n) is 2.00. The predicted octanol–water partition coefficient (Wildman–Crippen LogP) is 0.463. The van der Waals surface area contributed by atoms with Crippen LogP contribution in [0, 0.1) is 5.92 Å². The number of hydrogen-bond donors (Lipinski definition) is 2. The molecule has 13 heavy (non-hydrogen) atoms. The molecule has 3 nitrogen and oxygen atoms in total. The second-order valence-electron chi connectivity index (χ2n) is 4.33. The Balaban J connectivity index is 2.15. The maximum Gasteiger partial charge on any atom is 0.101 e. The van der Waals surface area contributed by atoms with Gasteiger partial charge >= 0.3 is 0 Å². The third kappa shape index (κ3) is 1.41. The Kier molecular flexibility index (Phi) is 1.98. The maximum atomic E-state index is 9.81. The minimum atomic E-state index is -0.709. The van der Waals surface area contributed by atoms with Crippen molar-refractivity contribution in [2.45, 2.75) is 38.1 Å². The Bertz CT molecular complexity index is 243. The van der Waals surface area contributed by atoms with Crippen LogP contribution in [-0.4, -0.2) is 34.6 Å². The van der Waals surface area contributed by atoms with E-state index in [4.69, 9.17) is 4.74 Å². The fourth-order valence-corrected chi connectivity index (χ4v) is 2.00. The average Bonchev–Trinajstić information content (AvgIpc) is 2.80. The van der Waals surface area contributed by atoms with Crippen molar-refractivity contribution >= 4 is 0 Å². The average molecular weight is 184 g/mol. The van der Waals surface area contributed by atoms with E-state index in [0.717, 1.165) is 12.0 Å². The van der Waals surface area contributed by atoms with Gasteiger partial charge in [-0.05, 0) is 25.8 Å². The van der Waals surface area contributed by atoms with E-state index >= 15 is 0 Å². The van der Waals surface area contributed by atoms with Crippen LogP contribution in [-0.2, 0) is 4.74 Å². The molecule has 0 saturated carbocycles. The summed E-state index contributed by atoms with van der Waals surface area (Å²) in [5, 5.41) is 19.4. The van der Waals surface area contributed by atoms with Crippen LogP contribution in [0.2, 0.25) is 0 Å². The van der Waals surface area contributed by atoms with Crippen LogP contribution in [0.1, 0.15) is 20.3 Å². The standard InChI is InChI=1S/C10H16O3/c1-6-3-4-7(9(12)8(6)11)10(2)5-13-10/h3,7-9,11-12H,4-5H2,1-2H3. The third-order valence-corrected chi connectivity index (χ3v) is 3.28. The Hall–Kier alpha value is -0.380. The molecule has 0 bridgehead atoms. The number of epoxide rings is 1. The molecule has 2 rings (SSSR count). The molecule has 1 aliphatic heterocycles. The number of rotatable bonds is 1. The van der Waals surface area contributed by atoms with E-state index in [1.807, 2.05) is 19.9 Å². The van der Waals surface area contributed by atoms with Crippen molar-refractivity contribution < 1.29 is 14.9 Å². The van der Waals surface area contributed by atoms with Gasteiger partial charge in [-0.3, -0.25) is 0 Å². The summed E-state index contributed by atoms with van der Waals surface area (Å²) in [7, 11) is 0. The first-order valence-corrected chi connectivity index (χ1v) is 4.71. The zero-order valence-electron chi connectivity index (χ0n) is 8.03. The van der Waals surface area contributed by atoms with Crippen molar-refractivity contribution in [2.75, 3.05) is 6.61 Å². The molecule has 3 heteroatoms. The molecule has 4 atom stereocenters. The molecular weight excluding hydrogens is 168 g/mol. The number of aliphatic hydroxyl groups is 2. The van der Waals surface area contributed by atoms with Gasteiger partial charge < -0.3 is 14.9 Å². The van der Waals surface area contributed by atoms with Gasteiger partial charge in [-0.25, -0.2) is 0 Å². The Morgan fingerprint density at radius 2 is 2.15 bits per heavy atom. The molecule has 4 unspecified atom stereocenters. The van der Waals surface area contributed by atoms with Gasteiger partial charge in [0.05, 0.1) is 18.3 Å². The molecule has 2 aliphatic rings. The van der Waals surface area contributed by atoms with Gasteiger partial charge in [-0.1, -0.05) is 6.08 Å². The maximum absolute atomic E-state index is 9.81. The SMILES string of the molecule is CC1=CCC(C2(C)CO2)C(O)C1O. The number of allylic oxidation sites excluding steroid dienone is 1. The van der Waals surface area contributed by atoms with Crippen LogP contribution in [0.25, 0.3) is 0 Å². The minimum absolute atomic E-state index is 0.0474. The molecule has 1 aliphatic carbocycles. The largest absolute Gasteiger partial charge is 0.390 e. The van der Waals surface area contributed by atoms with Crippen molar-refractivity contribution in [1.82, 2.24) is 0 Å². The monoisotopic (exact) mass is 184 g/mol. The Morgan fingerprint density at radius 3 is 2.69 bits per heavy atom. The lowest BCUT2D eigenvalue weighted by atomic mass is 9.78. The summed E-state index contributed by atoms with van der Waals surface area (Å²) in [4.78, 5) is 0. The van der Waals surface area contributed by atoms with E-state index in [2.05, 4.69) is 0 Å². The first-order chi connectivity index (χ1) is 6.04. The smallest absolute Gasteiger partial charge is 0.101 e. The number of hydrogen-bond acceptors (Lipinski definition) is 3. The normalized spacial score (nSPS) is 50.2. The van der Waals surface area contributed by atoms with E-state index in [9.17, 15) is 10.2 Å². The van der Waals surface area contributed by atoms with E-state index in [0.29, 0.717) is 6.61 Å². The van der Waals surface area contributed by atoms with Gasteiger partial charge in [0.15, 0.2) is 0 Å². The topological polar surface area (TPSA) is 53.0 Å². The van der Waals surface area contributed by atoms with Crippen molar-refractivity contribution in [3.8, 4) is 0 Å². The van der Waals surface area contributed by atoms with Gasteiger partial charge in [-0.15, -0.1) is 0 Å². The lowest BCUT2D eigenvalue weighted by molar-refractivity contribution is -0.0278. The van der Waals surface area contributed by atoms with Crippen molar-refractivity contribution in [1.29, 1.82) is 0 Å². The molecule has 2 N–H and O–H groups in total. The molecule has 0 amide bonds.